The Morgan fingerprint density at radius 3 is 2.41 bits per heavy atom. The van der Waals surface area contributed by atoms with E-state index in [4.69, 9.17) is 9.69 Å². The standard InChI is InChI=1S/C13H12F3N6S.2ClH.Li.Zn/c1-4-23-12-9(17-6-21(12)2)11-18-7-5-8(13(14,15)16)19-20-10(7)22(11)3;;;;/h5H,4H2,1-3H3;2*1H;;/q;;;2*+1/p-2. The summed E-state index contributed by atoms with van der Waals surface area (Å²) in [5, 5.41) is 7.85. The maximum Gasteiger partial charge on any atom is 1.00 e. The van der Waals surface area contributed by atoms with Crippen LogP contribution in [0.25, 0.3) is 22.7 Å². The first-order chi connectivity index (χ1) is 11.8. The van der Waals surface area contributed by atoms with E-state index in [9.17, 15) is 13.2 Å². The fraction of sp³-hybridized carbons (Fsp3) is 0.385. The quantitative estimate of drug-likeness (QED) is 0.288. The number of thioether (sulfide) groups is 1. The summed E-state index contributed by atoms with van der Waals surface area (Å²) in [4.78, 5) is 8.92. The normalized spacial score (nSPS) is 11.1. The molecule has 3 aromatic rings. The molecule has 3 rings (SSSR count). The third-order valence-corrected chi connectivity index (χ3v) is 7.75. The first kappa shape index (κ1) is 24.7. The Bertz CT molecular complexity index is 948. The van der Waals surface area contributed by atoms with Crippen LogP contribution < -0.4 is 35.7 Å². The number of imidazole rings is 2. The molecule has 0 atom stereocenters. The van der Waals surface area contributed by atoms with Crippen molar-refractivity contribution in [1.82, 2.24) is 29.3 Å². The molecule has 0 fully saturated rings. The van der Waals surface area contributed by atoms with E-state index in [0.717, 1.165) is 21.3 Å². The van der Waals surface area contributed by atoms with E-state index in [-0.39, 0.29) is 42.4 Å². The number of fused-ring (bicyclic) bond motifs is 1. The third kappa shape index (κ3) is 4.65. The summed E-state index contributed by atoms with van der Waals surface area (Å²) in [6.07, 6.45) is -4.56. The summed E-state index contributed by atoms with van der Waals surface area (Å²) in [7, 11) is 9.69. The average molecular weight is 485 g/mol. The minimum Gasteiger partial charge on any atom is -1.00 e. The van der Waals surface area contributed by atoms with Crippen molar-refractivity contribution in [2.75, 3.05) is 5.75 Å². The van der Waals surface area contributed by atoms with Gasteiger partial charge in [0.1, 0.15) is 0 Å². The van der Waals surface area contributed by atoms with Crippen LogP contribution in [0.3, 0.4) is 0 Å². The van der Waals surface area contributed by atoms with Crippen LogP contribution in [0.15, 0.2) is 11.1 Å². The fourth-order valence-electron chi connectivity index (χ4n) is 2.43. The van der Waals surface area contributed by atoms with Gasteiger partial charge in [0, 0.05) is 0 Å². The first-order valence-corrected chi connectivity index (χ1v) is 13.7. The minimum atomic E-state index is -4.56. The number of nitrogens with zero attached hydrogens (tertiary/aromatic N) is 6. The molecule has 0 aliphatic rings. The Hall–Kier alpha value is -0.299. The molecule has 0 radical (unpaired) electrons. The number of aromatic nitrogens is 6. The monoisotopic (exact) mass is 482 g/mol. The molecule has 138 valence electrons. The zero-order valence-electron chi connectivity index (χ0n) is 15.0. The summed E-state index contributed by atoms with van der Waals surface area (Å²) in [6.45, 7) is 2.01. The summed E-state index contributed by atoms with van der Waals surface area (Å²) >= 11 is 0.122. The number of halogens is 5. The van der Waals surface area contributed by atoms with Crippen LogP contribution in [0, 0.1) is 0 Å². The number of alkyl halides is 3. The van der Waals surface area contributed by atoms with E-state index < -0.39 is 28.0 Å². The summed E-state index contributed by atoms with van der Waals surface area (Å²) in [5.41, 5.74) is -0.0445. The SMILES string of the molecule is CCSc1c(-c2nc3cc(C(F)(F)F)nnc3n2C)n[c]([Zn][Cl])n1C.[Cl-].[Li+]. The van der Waals surface area contributed by atoms with Crippen LogP contribution in [0.5, 0.6) is 0 Å². The molecular weight excluding hydrogens is 472 g/mol. The zero-order valence-corrected chi connectivity index (χ0v) is 20.3. The molecule has 0 aliphatic carbocycles. The number of hydrogen-bond donors (Lipinski definition) is 0. The van der Waals surface area contributed by atoms with Gasteiger partial charge in [-0.3, -0.25) is 0 Å². The molecule has 27 heavy (non-hydrogen) atoms. The maximum atomic E-state index is 12.8. The van der Waals surface area contributed by atoms with Gasteiger partial charge in [0.25, 0.3) is 0 Å². The molecule has 0 bridgehead atoms. The largest absolute Gasteiger partial charge is 1.00 e. The Balaban J connectivity index is 0.00000182. The molecule has 0 unspecified atom stereocenters. The molecule has 3 heterocycles. The van der Waals surface area contributed by atoms with E-state index in [1.807, 2.05) is 18.5 Å². The molecule has 0 aromatic carbocycles. The van der Waals surface area contributed by atoms with Crippen LogP contribution in [0.1, 0.15) is 12.6 Å². The molecule has 0 saturated carbocycles. The van der Waals surface area contributed by atoms with Crippen LogP contribution in [-0.2, 0) is 36.4 Å². The van der Waals surface area contributed by atoms with Crippen molar-refractivity contribution in [1.29, 1.82) is 0 Å². The van der Waals surface area contributed by atoms with Gasteiger partial charge in [-0.05, 0) is 0 Å². The van der Waals surface area contributed by atoms with Crippen molar-refractivity contribution in [3.8, 4) is 11.5 Å². The Morgan fingerprint density at radius 1 is 1.19 bits per heavy atom. The molecule has 3 aromatic heterocycles. The van der Waals surface area contributed by atoms with Gasteiger partial charge in [0.05, 0.1) is 0 Å². The van der Waals surface area contributed by atoms with E-state index in [1.54, 1.807) is 23.4 Å². The molecule has 14 heteroatoms. The van der Waals surface area contributed by atoms with Gasteiger partial charge in [-0.1, -0.05) is 0 Å². The minimum absolute atomic E-state index is 0. The van der Waals surface area contributed by atoms with Crippen molar-refractivity contribution in [3.05, 3.63) is 11.8 Å². The van der Waals surface area contributed by atoms with Gasteiger partial charge >= 0.3 is 176 Å². The van der Waals surface area contributed by atoms with Crippen LogP contribution in [0.2, 0.25) is 0 Å². The van der Waals surface area contributed by atoms with E-state index in [1.165, 1.54) is 0 Å². The fourth-order valence-corrected chi connectivity index (χ4v) is 5.92. The molecule has 0 saturated heterocycles. The van der Waals surface area contributed by atoms with Crippen molar-refractivity contribution in [2.24, 2.45) is 14.1 Å². The molecule has 0 aliphatic heterocycles. The third-order valence-electron chi connectivity index (χ3n) is 3.65. The second-order valence-electron chi connectivity index (χ2n) is 5.24. The van der Waals surface area contributed by atoms with Crippen molar-refractivity contribution in [2.45, 2.75) is 18.1 Å². The summed E-state index contributed by atoms with van der Waals surface area (Å²) in [5.74, 6) is 1.28. The second-order valence-corrected chi connectivity index (χ2v) is 9.77. The van der Waals surface area contributed by atoms with E-state index in [0.29, 0.717) is 11.5 Å². The van der Waals surface area contributed by atoms with Gasteiger partial charge in [-0.2, -0.15) is 0 Å². The van der Waals surface area contributed by atoms with Crippen LogP contribution in [-0.4, -0.2) is 35.1 Å². The molecular formula is C13H12Cl2F3LiN6SZn. The summed E-state index contributed by atoms with van der Waals surface area (Å²) < 4.78 is 42.9. The smallest absolute Gasteiger partial charge is 1.00 e. The summed E-state index contributed by atoms with van der Waals surface area (Å²) in [6, 6.07) is 0.904. The maximum absolute atomic E-state index is 12.8. The van der Waals surface area contributed by atoms with Crippen LogP contribution in [0.4, 0.5) is 13.2 Å². The second kappa shape index (κ2) is 9.47. The van der Waals surface area contributed by atoms with Gasteiger partial charge in [0.2, 0.25) is 0 Å². The van der Waals surface area contributed by atoms with Gasteiger partial charge in [0.15, 0.2) is 0 Å². The van der Waals surface area contributed by atoms with Gasteiger partial charge in [-0.15, -0.1) is 0 Å². The van der Waals surface area contributed by atoms with Crippen LogP contribution >= 0.6 is 21.5 Å². The Kier molecular flexibility index (Phi) is 8.67. The number of rotatable bonds is 4. The average Bonchev–Trinajstić information content (AvgIpc) is 3.05. The molecule has 6 nitrogen and oxygen atoms in total. The van der Waals surface area contributed by atoms with Gasteiger partial charge in [-0.25, -0.2) is 0 Å². The van der Waals surface area contributed by atoms with Gasteiger partial charge < -0.3 is 12.4 Å². The Labute approximate surface area is 187 Å². The van der Waals surface area contributed by atoms with Crippen molar-refractivity contribution in [3.63, 3.8) is 0 Å². The molecule has 0 N–H and O–H groups in total. The van der Waals surface area contributed by atoms with Crippen molar-refractivity contribution < 1.29 is 60.6 Å². The topological polar surface area (TPSA) is 61.4 Å². The number of aryl methyl sites for hydroxylation is 1. The predicted octanol–water partition coefficient (Wildman–Crippen LogP) is -3.24. The van der Waals surface area contributed by atoms with E-state index >= 15 is 0 Å². The Morgan fingerprint density at radius 2 is 1.85 bits per heavy atom. The molecule has 0 spiro atoms. The first-order valence-electron chi connectivity index (χ1n) is 7.30. The number of hydrogen-bond acceptors (Lipinski definition) is 5. The van der Waals surface area contributed by atoms with Crippen molar-refractivity contribution >= 4 is 37.0 Å². The van der Waals surface area contributed by atoms with E-state index in [2.05, 4.69) is 20.2 Å². The molecule has 0 amide bonds. The zero-order chi connectivity index (χ0) is 18.4. The predicted molar refractivity (Wildman–Crippen MR) is 85.4 cm³/mol.